The van der Waals surface area contributed by atoms with Crippen molar-refractivity contribution in [2.45, 2.75) is 32.1 Å². The zero-order chi connectivity index (χ0) is 16.1. The highest BCUT2D eigenvalue weighted by molar-refractivity contribution is 7.09. The fourth-order valence-corrected chi connectivity index (χ4v) is 4.09. The van der Waals surface area contributed by atoms with Crippen LogP contribution in [0.2, 0.25) is 0 Å². The summed E-state index contributed by atoms with van der Waals surface area (Å²) >= 11 is 1.72. The van der Waals surface area contributed by atoms with Crippen LogP contribution in [0.5, 0.6) is 0 Å². The lowest BCUT2D eigenvalue weighted by atomic mass is 9.97. The highest BCUT2D eigenvalue weighted by Crippen LogP contribution is 2.20. The molecule has 2 fully saturated rings. The fraction of sp³-hybridized carbons (Fsp3) is 0.647. The summed E-state index contributed by atoms with van der Waals surface area (Å²) < 4.78 is 0. The zero-order valence-corrected chi connectivity index (χ0v) is 14.3. The summed E-state index contributed by atoms with van der Waals surface area (Å²) in [4.78, 5) is 29.9. The highest BCUT2D eigenvalue weighted by Gasteiger charge is 2.31. The van der Waals surface area contributed by atoms with Gasteiger partial charge in [0.15, 0.2) is 0 Å². The summed E-state index contributed by atoms with van der Waals surface area (Å²) in [7, 11) is 0. The average Bonchev–Trinajstić information content (AvgIpc) is 3.28. The topological polar surface area (TPSA) is 52.7 Å². The normalized spacial score (nSPS) is 21.5. The average molecular weight is 335 g/mol. The van der Waals surface area contributed by atoms with Gasteiger partial charge in [0.25, 0.3) is 0 Å². The molecule has 0 unspecified atom stereocenters. The van der Waals surface area contributed by atoms with Gasteiger partial charge >= 0.3 is 6.03 Å². The minimum atomic E-state index is -0.0568. The monoisotopic (exact) mass is 335 g/mol. The molecule has 3 amide bonds. The lowest BCUT2D eigenvalue weighted by molar-refractivity contribution is -0.126. The Morgan fingerprint density at radius 1 is 1.17 bits per heavy atom. The summed E-state index contributed by atoms with van der Waals surface area (Å²) in [6.07, 6.45) is 4.89. The number of amides is 3. The largest absolute Gasteiger partial charge is 0.355 e. The third-order valence-corrected chi connectivity index (χ3v) is 5.63. The summed E-state index contributed by atoms with van der Waals surface area (Å²) in [5.74, 6) is 0.0408. The molecule has 2 aliphatic rings. The fourth-order valence-electron chi connectivity index (χ4n) is 3.38. The van der Waals surface area contributed by atoms with Gasteiger partial charge in [-0.1, -0.05) is 6.07 Å². The predicted molar refractivity (Wildman–Crippen MR) is 91.5 cm³/mol. The molecule has 3 rings (SSSR count). The van der Waals surface area contributed by atoms with Crippen molar-refractivity contribution in [2.75, 3.05) is 32.7 Å². The van der Waals surface area contributed by atoms with Crippen molar-refractivity contribution in [3.8, 4) is 0 Å². The van der Waals surface area contributed by atoms with E-state index < -0.39 is 0 Å². The molecule has 0 aliphatic carbocycles. The maximum atomic E-state index is 12.5. The van der Waals surface area contributed by atoms with Crippen molar-refractivity contribution >= 4 is 23.3 Å². The number of hydrogen-bond acceptors (Lipinski definition) is 3. The third kappa shape index (κ3) is 4.25. The van der Waals surface area contributed by atoms with Gasteiger partial charge in [-0.25, -0.2) is 4.79 Å². The van der Waals surface area contributed by atoms with Gasteiger partial charge in [-0.3, -0.25) is 4.79 Å². The molecule has 0 saturated carbocycles. The van der Waals surface area contributed by atoms with Crippen LogP contribution in [0.4, 0.5) is 4.79 Å². The molecule has 1 aromatic rings. The number of likely N-dealkylation sites (tertiary alicyclic amines) is 2. The summed E-state index contributed by atoms with van der Waals surface area (Å²) in [6, 6.07) is 4.25. The lowest BCUT2D eigenvalue weighted by Gasteiger charge is -2.34. The van der Waals surface area contributed by atoms with Gasteiger partial charge in [0.1, 0.15) is 0 Å². The molecule has 0 aromatic carbocycles. The van der Waals surface area contributed by atoms with Crippen LogP contribution < -0.4 is 5.32 Å². The van der Waals surface area contributed by atoms with E-state index in [0.29, 0.717) is 13.1 Å². The van der Waals surface area contributed by atoms with Crippen molar-refractivity contribution in [3.05, 3.63) is 22.4 Å². The van der Waals surface area contributed by atoms with Crippen LogP contribution in [0.15, 0.2) is 17.5 Å². The first-order chi connectivity index (χ1) is 11.2. The number of rotatable bonds is 4. The van der Waals surface area contributed by atoms with Crippen LogP contribution >= 0.6 is 11.3 Å². The Morgan fingerprint density at radius 2 is 1.96 bits per heavy atom. The number of urea groups is 1. The molecule has 23 heavy (non-hydrogen) atoms. The Kier molecular flexibility index (Phi) is 5.54. The first-order valence-electron chi connectivity index (χ1n) is 8.58. The zero-order valence-electron chi connectivity index (χ0n) is 13.5. The molecule has 2 saturated heterocycles. The minimum Gasteiger partial charge on any atom is -0.355 e. The smallest absolute Gasteiger partial charge is 0.320 e. The Morgan fingerprint density at radius 3 is 2.70 bits per heavy atom. The van der Waals surface area contributed by atoms with Crippen LogP contribution in [-0.4, -0.2) is 54.5 Å². The second-order valence-corrected chi connectivity index (χ2v) is 7.41. The van der Waals surface area contributed by atoms with E-state index in [1.807, 2.05) is 15.9 Å². The van der Waals surface area contributed by atoms with E-state index in [1.54, 1.807) is 11.3 Å². The molecule has 2 aliphatic heterocycles. The van der Waals surface area contributed by atoms with E-state index in [2.05, 4.69) is 16.8 Å². The molecule has 5 nitrogen and oxygen atoms in total. The van der Waals surface area contributed by atoms with Crippen molar-refractivity contribution < 1.29 is 9.59 Å². The van der Waals surface area contributed by atoms with Gasteiger partial charge in [-0.05, 0) is 43.6 Å². The summed E-state index contributed by atoms with van der Waals surface area (Å²) in [5.41, 5.74) is 0. The Balaban J connectivity index is 1.45. The lowest BCUT2D eigenvalue weighted by Crippen LogP contribution is -2.49. The third-order valence-electron chi connectivity index (χ3n) is 4.69. The minimum absolute atomic E-state index is 0.0568. The van der Waals surface area contributed by atoms with Crippen LogP contribution in [-0.2, 0) is 11.2 Å². The number of nitrogens with one attached hydrogen (secondary N) is 1. The molecular formula is C17H25N3O2S. The Hall–Kier alpha value is -1.56. The van der Waals surface area contributed by atoms with E-state index in [-0.39, 0.29) is 17.9 Å². The SMILES string of the molecule is O=C(NCCc1cccs1)[C@@H]1CCCN(C(=O)N2CCCC2)C1. The maximum absolute atomic E-state index is 12.5. The molecule has 126 valence electrons. The standard InChI is InChI=1S/C17H25N3O2S/c21-16(18-8-7-15-6-4-12-23-15)14-5-3-11-20(13-14)17(22)19-9-1-2-10-19/h4,6,12,14H,1-3,5,7-11,13H2,(H,18,21)/t14-/m1/s1. The van der Waals surface area contributed by atoms with Crippen LogP contribution in [0.25, 0.3) is 0 Å². The Bertz CT molecular complexity index is 526. The summed E-state index contributed by atoms with van der Waals surface area (Å²) in [6.45, 7) is 3.77. The number of piperidine rings is 1. The van der Waals surface area contributed by atoms with Crippen molar-refractivity contribution in [2.24, 2.45) is 5.92 Å². The van der Waals surface area contributed by atoms with Gasteiger partial charge in [-0.2, -0.15) is 0 Å². The van der Waals surface area contributed by atoms with E-state index in [4.69, 9.17) is 0 Å². The van der Waals surface area contributed by atoms with E-state index in [0.717, 1.165) is 51.7 Å². The second kappa shape index (κ2) is 7.81. The van der Waals surface area contributed by atoms with E-state index in [9.17, 15) is 9.59 Å². The van der Waals surface area contributed by atoms with Gasteiger partial charge in [0.2, 0.25) is 5.91 Å². The molecule has 3 heterocycles. The number of nitrogens with zero attached hydrogens (tertiary/aromatic N) is 2. The van der Waals surface area contributed by atoms with Gasteiger partial charge < -0.3 is 15.1 Å². The highest BCUT2D eigenvalue weighted by atomic mass is 32.1. The molecule has 1 aromatic heterocycles. The van der Waals surface area contributed by atoms with Crippen LogP contribution in [0, 0.1) is 5.92 Å². The van der Waals surface area contributed by atoms with Crippen molar-refractivity contribution in [1.29, 1.82) is 0 Å². The quantitative estimate of drug-likeness (QED) is 0.918. The van der Waals surface area contributed by atoms with Gasteiger partial charge in [-0.15, -0.1) is 11.3 Å². The number of hydrogen-bond donors (Lipinski definition) is 1. The van der Waals surface area contributed by atoms with Crippen LogP contribution in [0.1, 0.15) is 30.6 Å². The number of thiophene rings is 1. The molecule has 1 atom stereocenters. The molecule has 0 spiro atoms. The van der Waals surface area contributed by atoms with Gasteiger partial charge in [0, 0.05) is 37.6 Å². The number of carbonyl (C=O) groups is 2. The summed E-state index contributed by atoms with van der Waals surface area (Å²) in [5, 5.41) is 5.09. The Labute approximate surface area is 141 Å². The van der Waals surface area contributed by atoms with E-state index >= 15 is 0 Å². The van der Waals surface area contributed by atoms with Crippen molar-refractivity contribution in [1.82, 2.24) is 15.1 Å². The molecular weight excluding hydrogens is 310 g/mol. The molecule has 0 radical (unpaired) electrons. The molecule has 6 heteroatoms. The van der Waals surface area contributed by atoms with Crippen LogP contribution in [0.3, 0.4) is 0 Å². The second-order valence-electron chi connectivity index (χ2n) is 6.38. The maximum Gasteiger partial charge on any atom is 0.320 e. The van der Waals surface area contributed by atoms with E-state index in [1.165, 1.54) is 4.88 Å². The first kappa shape index (κ1) is 16.3. The van der Waals surface area contributed by atoms with Crippen molar-refractivity contribution in [3.63, 3.8) is 0 Å². The number of carbonyl (C=O) groups excluding carboxylic acids is 2. The molecule has 0 bridgehead atoms. The predicted octanol–water partition coefficient (Wildman–Crippen LogP) is 2.33. The molecule has 1 N–H and O–H groups in total. The first-order valence-corrected chi connectivity index (χ1v) is 9.46. The van der Waals surface area contributed by atoms with Gasteiger partial charge in [0.05, 0.1) is 5.92 Å².